The van der Waals surface area contributed by atoms with Crippen molar-refractivity contribution >= 4 is 29.5 Å². The number of hydrogen-bond acceptors (Lipinski definition) is 4. The van der Waals surface area contributed by atoms with Gasteiger partial charge in [0, 0.05) is 17.1 Å². The topological polar surface area (TPSA) is 70.4 Å². The highest BCUT2D eigenvalue weighted by molar-refractivity contribution is 6.30. The Morgan fingerprint density at radius 3 is 2.35 bits per heavy atom. The van der Waals surface area contributed by atoms with Gasteiger partial charge < -0.3 is 4.74 Å². The highest BCUT2D eigenvalue weighted by Crippen LogP contribution is 2.28. The van der Waals surface area contributed by atoms with Gasteiger partial charge in [0.25, 0.3) is 11.8 Å². The van der Waals surface area contributed by atoms with Gasteiger partial charge in [-0.05, 0) is 60.4 Å². The van der Waals surface area contributed by atoms with Gasteiger partial charge in [-0.2, -0.15) is 5.26 Å². The number of carbonyl (C=O) groups excluding carboxylic acids is 2. The number of carbonyl (C=O) groups is 2. The molecule has 0 atom stereocenters. The van der Waals surface area contributed by atoms with E-state index in [9.17, 15) is 14.9 Å². The molecular formula is C25H23ClN2O3. The summed E-state index contributed by atoms with van der Waals surface area (Å²) in [5.41, 5.74) is 2.58. The van der Waals surface area contributed by atoms with Crippen LogP contribution in [0.4, 0.5) is 0 Å². The second-order valence-electron chi connectivity index (χ2n) is 7.27. The Morgan fingerprint density at radius 2 is 1.74 bits per heavy atom. The van der Waals surface area contributed by atoms with Crippen molar-refractivity contribution < 1.29 is 14.3 Å². The Bertz CT molecular complexity index is 1080. The second kappa shape index (κ2) is 10.1. The van der Waals surface area contributed by atoms with Crippen LogP contribution < -0.4 is 4.74 Å². The highest BCUT2D eigenvalue weighted by Gasteiger charge is 2.34. The highest BCUT2D eigenvalue weighted by atomic mass is 35.5. The third-order valence-corrected chi connectivity index (χ3v) is 5.32. The molecule has 3 rings (SSSR count). The average molecular weight is 435 g/mol. The van der Waals surface area contributed by atoms with Crippen LogP contribution in [0, 0.1) is 11.3 Å². The number of unbranched alkanes of at least 4 members (excludes halogenated alkanes) is 1. The van der Waals surface area contributed by atoms with E-state index < -0.39 is 5.91 Å². The Hall–Kier alpha value is -3.36. The summed E-state index contributed by atoms with van der Waals surface area (Å²) < 4.78 is 5.79. The van der Waals surface area contributed by atoms with Gasteiger partial charge >= 0.3 is 0 Å². The molecule has 2 aromatic carbocycles. The summed E-state index contributed by atoms with van der Waals surface area (Å²) in [7, 11) is 0. The van der Waals surface area contributed by atoms with Crippen LogP contribution in [0.1, 0.15) is 37.8 Å². The van der Waals surface area contributed by atoms with Crippen molar-refractivity contribution in [3.63, 3.8) is 0 Å². The maximum atomic E-state index is 12.9. The van der Waals surface area contributed by atoms with Gasteiger partial charge in [-0.3, -0.25) is 14.5 Å². The zero-order chi connectivity index (χ0) is 22.4. The Morgan fingerprint density at radius 1 is 1.06 bits per heavy atom. The van der Waals surface area contributed by atoms with Crippen molar-refractivity contribution in [1.82, 2.24) is 4.90 Å². The van der Waals surface area contributed by atoms with Gasteiger partial charge in [0.1, 0.15) is 24.0 Å². The molecule has 5 nitrogen and oxygen atoms in total. The molecule has 0 radical (unpaired) electrons. The van der Waals surface area contributed by atoms with Crippen LogP contribution in [0.5, 0.6) is 5.75 Å². The predicted molar refractivity (Wildman–Crippen MR) is 120 cm³/mol. The van der Waals surface area contributed by atoms with Crippen LogP contribution in [0.2, 0.25) is 5.02 Å². The summed E-state index contributed by atoms with van der Waals surface area (Å²) in [4.78, 5) is 26.6. The summed E-state index contributed by atoms with van der Waals surface area (Å²) in [6.45, 7) is 4.35. The number of imide groups is 1. The lowest BCUT2D eigenvalue weighted by molar-refractivity contribution is -0.140. The summed E-state index contributed by atoms with van der Waals surface area (Å²) >= 11 is 5.89. The van der Waals surface area contributed by atoms with Crippen LogP contribution in [-0.4, -0.2) is 23.3 Å². The van der Waals surface area contributed by atoms with E-state index in [0.717, 1.165) is 17.5 Å². The molecule has 0 saturated carbocycles. The Balaban J connectivity index is 1.79. The monoisotopic (exact) mass is 434 g/mol. The number of amides is 2. The average Bonchev–Trinajstić information content (AvgIpc) is 2.77. The number of halogens is 1. The first-order valence-electron chi connectivity index (χ1n) is 10.1. The first-order chi connectivity index (χ1) is 14.9. The minimum Gasteiger partial charge on any atom is -0.489 e. The number of hydrogen-bond donors (Lipinski definition) is 0. The molecule has 1 aliphatic heterocycles. The lowest BCUT2D eigenvalue weighted by atomic mass is 9.93. The molecule has 1 aliphatic rings. The van der Waals surface area contributed by atoms with E-state index in [1.807, 2.05) is 61.5 Å². The number of nitrogens with zero attached hydrogens (tertiary/aromatic N) is 2. The predicted octanol–water partition coefficient (Wildman–Crippen LogP) is 5.31. The largest absolute Gasteiger partial charge is 0.489 e. The maximum absolute atomic E-state index is 12.9. The van der Waals surface area contributed by atoms with Crippen molar-refractivity contribution in [3.05, 3.63) is 81.4 Å². The third-order valence-electron chi connectivity index (χ3n) is 5.07. The quantitative estimate of drug-likeness (QED) is 0.437. The zero-order valence-corrected chi connectivity index (χ0v) is 18.3. The fourth-order valence-corrected chi connectivity index (χ4v) is 3.35. The van der Waals surface area contributed by atoms with Gasteiger partial charge in [0.2, 0.25) is 0 Å². The standard InChI is InChI=1S/C25H23ClN2O3/c1-3-4-13-28-24(29)22(17(2)23(15-27)25(28)30)14-18-7-11-21(12-8-18)31-16-19-5-9-20(26)10-6-19/h5-12,14H,3-4,13,16H2,1-2H3/b22-14+. The molecule has 0 unspecified atom stereocenters. The number of nitriles is 1. The Labute approximate surface area is 187 Å². The molecule has 31 heavy (non-hydrogen) atoms. The van der Waals surface area contributed by atoms with Crippen LogP contribution >= 0.6 is 11.6 Å². The molecular weight excluding hydrogens is 412 g/mol. The fraction of sp³-hybridized carbons (Fsp3) is 0.240. The van der Waals surface area contributed by atoms with Gasteiger partial charge in [0.15, 0.2) is 0 Å². The summed E-state index contributed by atoms with van der Waals surface area (Å²) in [5.74, 6) is -0.184. The summed E-state index contributed by atoms with van der Waals surface area (Å²) in [5, 5.41) is 10.1. The fourth-order valence-electron chi connectivity index (χ4n) is 3.22. The lowest BCUT2D eigenvalue weighted by Gasteiger charge is -2.27. The van der Waals surface area contributed by atoms with E-state index in [4.69, 9.17) is 16.3 Å². The van der Waals surface area contributed by atoms with Gasteiger partial charge in [-0.1, -0.05) is 49.2 Å². The molecule has 158 valence electrons. The maximum Gasteiger partial charge on any atom is 0.271 e. The molecule has 0 saturated heterocycles. The van der Waals surface area contributed by atoms with E-state index >= 15 is 0 Å². The molecule has 6 heteroatoms. The normalized spacial score (nSPS) is 15.4. The smallest absolute Gasteiger partial charge is 0.271 e. The van der Waals surface area contributed by atoms with Crippen LogP contribution in [-0.2, 0) is 16.2 Å². The Kier molecular flexibility index (Phi) is 7.28. The molecule has 0 N–H and O–H groups in total. The third kappa shape index (κ3) is 5.22. The number of ether oxygens (including phenoxy) is 1. The summed E-state index contributed by atoms with van der Waals surface area (Å²) in [6.07, 6.45) is 3.25. The molecule has 0 bridgehead atoms. The molecule has 0 spiro atoms. The van der Waals surface area contributed by atoms with Crippen molar-refractivity contribution in [2.45, 2.75) is 33.3 Å². The molecule has 0 fully saturated rings. The minimum atomic E-state index is -0.512. The van der Waals surface area contributed by atoms with Crippen LogP contribution in [0.3, 0.4) is 0 Å². The zero-order valence-electron chi connectivity index (χ0n) is 17.5. The van der Waals surface area contributed by atoms with Crippen molar-refractivity contribution in [2.75, 3.05) is 6.54 Å². The van der Waals surface area contributed by atoms with Crippen molar-refractivity contribution in [1.29, 1.82) is 5.26 Å². The molecule has 0 aliphatic carbocycles. The molecule has 0 aromatic heterocycles. The molecule has 1 heterocycles. The summed E-state index contributed by atoms with van der Waals surface area (Å²) in [6, 6.07) is 16.7. The lowest BCUT2D eigenvalue weighted by Crippen LogP contribution is -2.43. The van der Waals surface area contributed by atoms with E-state index in [-0.39, 0.29) is 11.5 Å². The molecule has 2 aromatic rings. The van der Waals surface area contributed by atoms with Gasteiger partial charge in [-0.15, -0.1) is 0 Å². The number of rotatable bonds is 7. The van der Waals surface area contributed by atoms with E-state index in [2.05, 4.69) is 0 Å². The van der Waals surface area contributed by atoms with E-state index in [1.54, 1.807) is 13.0 Å². The van der Waals surface area contributed by atoms with E-state index in [1.165, 1.54) is 4.90 Å². The van der Waals surface area contributed by atoms with Gasteiger partial charge in [0.05, 0.1) is 0 Å². The second-order valence-corrected chi connectivity index (χ2v) is 7.71. The van der Waals surface area contributed by atoms with Crippen molar-refractivity contribution in [3.8, 4) is 11.8 Å². The van der Waals surface area contributed by atoms with E-state index in [0.29, 0.717) is 41.5 Å². The first kappa shape index (κ1) is 22.3. The minimum absolute atomic E-state index is 0.0184. The molecule has 2 amide bonds. The van der Waals surface area contributed by atoms with Crippen LogP contribution in [0.15, 0.2) is 65.3 Å². The SMILES string of the molecule is CCCCN1C(=O)C(C#N)=C(C)/C(=C\c2ccc(OCc3ccc(Cl)cc3)cc2)C1=O. The number of benzene rings is 2. The van der Waals surface area contributed by atoms with Gasteiger partial charge in [-0.25, -0.2) is 0 Å². The van der Waals surface area contributed by atoms with Crippen LogP contribution in [0.25, 0.3) is 6.08 Å². The van der Waals surface area contributed by atoms with Crippen molar-refractivity contribution in [2.24, 2.45) is 0 Å². The first-order valence-corrected chi connectivity index (χ1v) is 10.5.